The highest BCUT2D eigenvalue weighted by Crippen LogP contribution is 2.06. The molecular formula is C8H11N5OS. The van der Waals surface area contributed by atoms with Crippen LogP contribution in [0.3, 0.4) is 0 Å². The van der Waals surface area contributed by atoms with Gasteiger partial charge in [-0.25, -0.2) is 4.98 Å². The average Bonchev–Trinajstić information content (AvgIpc) is 2.57. The fraction of sp³-hybridized carbons (Fsp3) is 0.375. The zero-order valence-corrected chi connectivity index (χ0v) is 9.02. The van der Waals surface area contributed by atoms with Gasteiger partial charge in [0.1, 0.15) is 5.82 Å². The Morgan fingerprint density at radius 2 is 2.20 bits per heavy atom. The third-order valence-electron chi connectivity index (χ3n) is 1.97. The van der Waals surface area contributed by atoms with Crippen molar-refractivity contribution in [1.82, 2.24) is 19.9 Å². The van der Waals surface area contributed by atoms with Gasteiger partial charge in [0, 0.05) is 12.2 Å². The van der Waals surface area contributed by atoms with E-state index >= 15 is 0 Å². The number of nitrogens with zero attached hydrogens (tertiary/aromatic N) is 2. The Kier molecular flexibility index (Phi) is 2.63. The van der Waals surface area contributed by atoms with E-state index in [-0.39, 0.29) is 11.5 Å². The van der Waals surface area contributed by atoms with Gasteiger partial charge in [-0.05, 0) is 6.26 Å². The predicted molar refractivity (Wildman–Crippen MR) is 61.0 cm³/mol. The van der Waals surface area contributed by atoms with Gasteiger partial charge >= 0.3 is 0 Å². The number of hydrogen-bond donors (Lipinski definition) is 3. The molecule has 0 amide bonds. The van der Waals surface area contributed by atoms with Crippen molar-refractivity contribution in [2.75, 3.05) is 17.7 Å². The maximum absolute atomic E-state index is 11.4. The lowest BCUT2D eigenvalue weighted by Gasteiger charge is -1.90. The molecule has 2 rings (SSSR count). The normalized spacial score (nSPS) is 11.0. The molecule has 0 aromatic carbocycles. The molecule has 0 bridgehead atoms. The molecule has 2 heterocycles. The minimum Gasteiger partial charge on any atom is -0.369 e. The molecule has 0 fully saturated rings. The number of nitrogen functional groups attached to an aromatic ring is 1. The van der Waals surface area contributed by atoms with E-state index in [1.54, 1.807) is 11.8 Å². The number of nitrogens with one attached hydrogen (secondary N) is 2. The standard InChI is InChI=1S/C8H11N5OS/c1-15-3-2-4-10-5-6(11-4)12-8(9)13-7(5)14/h2-3H2,1H3,(H4,9,10,11,12,13,14). The van der Waals surface area contributed by atoms with Crippen LogP contribution in [-0.2, 0) is 6.42 Å². The van der Waals surface area contributed by atoms with E-state index in [2.05, 4.69) is 19.9 Å². The lowest BCUT2D eigenvalue weighted by molar-refractivity contribution is 1.01. The fourth-order valence-corrected chi connectivity index (χ4v) is 1.69. The topological polar surface area (TPSA) is 100 Å². The predicted octanol–water partition coefficient (Wildman–Crippen LogP) is 0.134. The Balaban J connectivity index is 2.46. The Bertz CT molecular complexity index is 531. The van der Waals surface area contributed by atoms with Gasteiger partial charge in [-0.15, -0.1) is 0 Å². The second-order valence-corrected chi connectivity index (χ2v) is 4.06. The summed E-state index contributed by atoms with van der Waals surface area (Å²) in [6, 6.07) is 0. The molecule has 7 heteroatoms. The second-order valence-electron chi connectivity index (χ2n) is 3.08. The molecular weight excluding hydrogens is 214 g/mol. The number of rotatable bonds is 3. The Hall–Kier alpha value is -1.50. The zero-order valence-electron chi connectivity index (χ0n) is 8.20. The molecule has 4 N–H and O–H groups in total. The molecule has 0 aliphatic heterocycles. The molecule has 0 saturated heterocycles. The van der Waals surface area contributed by atoms with Gasteiger partial charge in [-0.2, -0.15) is 16.7 Å². The van der Waals surface area contributed by atoms with Gasteiger partial charge in [0.15, 0.2) is 11.2 Å². The first-order valence-corrected chi connectivity index (χ1v) is 5.83. The largest absolute Gasteiger partial charge is 0.369 e. The number of aromatic nitrogens is 4. The first kappa shape index (κ1) is 10.0. The maximum atomic E-state index is 11.4. The summed E-state index contributed by atoms with van der Waals surface area (Å²) in [4.78, 5) is 24.9. The lowest BCUT2D eigenvalue weighted by Crippen LogP contribution is -2.10. The highest BCUT2D eigenvalue weighted by Gasteiger charge is 2.07. The fourth-order valence-electron chi connectivity index (χ4n) is 1.29. The number of hydrogen-bond acceptors (Lipinski definition) is 5. The maximum Gasteiger partial charge on any atom is 0.278 e. The van der Waals surface area contributed by atoms with Gasteiger partial charge in [0.05, 0.1) is 0 Å². The minimum absolute atomic E-state index is 0.0930. The van der Waals surface area contributed by atoms with Crippen molar-refractivity contribution in [3.8, 4) is 0 Å². The van der Waals surface area contributed by atoms with Crippen molar-refractivity contribution in [3.05, 3.63) is 16.2 Å². The van der Waals surface area contributed by atoms with E-state index in [1.165, 1.54) is 0 Å². The number of thioether (sulfide) groups is 1. The highest BCUT2D eigenvalue weighted by atomic mass is 32.2. The first-order valence-electron chi connectivity index (χ1n) is 4.44. The van der Waals surface area contributed by atoms with E-state index in [9.17, 15) is 4.79 Å². The van der Waals surface area contributed by atoms with Crippen LogP contribution in [0.15, 0.2) is 4.79 Å². The van der Waals surface area contributed by atoms with Crippen molar-refractivity contribution in [2.45, 2.75) is 6.42 Å². The summed E-state index contributed by atoms with van der Waals surface area (Å²) < 4.78 is 0. The van der Waals surface area contributed by atoms with E-state index in [4.69, 9.17) is 5.73 Å². The quantitative estimate of drug-likeness (QED) is 0.689. The number of aromatic amines is 2. The summed E-state index contributed by atoms with van der Waals surface area (Å²) in [7, 11) is 0. The minimum atomic E-state index is -0.277. The van der Waals surface area contributed by atoms with Crippen LogP contribution in [0.25, 0.3) is 11.2 Å². The molecule has 0 atom stereocenters. The smallest absolute Gasteiger partial charge is 0.278 e. The monoisotopic (exact) mass is 225 g/mol. The van der Waals surface area contributed by atoms with Crippen molar-refractivity contribution in [3.63, 3.8) is 0 Å². The summed E-state index contributed by atoms with van der Waals surface area (Å²) in [5.41, 5.74) is 5.90. The van der Waals surface area contributed by atoms with E-state index in [1.807, 2.05) is 6.26 Å². The van der Waals surface area contributed by atoms with Gasteiger partial charge in [0.25, 0.3) is 5.56 Å². The van der Waals surface area contributed by atoms with Crippen LogP contribution >= 0.6 is 11.8 Å². The second kappa shape index (κ2) is 3.93. The van der Waals surface area contributed by atoms with Crippen molar-refractivity contribution < 1.29 is 0 Å². The summed E-state index contributed by atoms with van der Waals surface area (Å²) in [5.74, 6) is 1.81. The van der Waals surface area contributed by atoms with Crippen LogP contribution in [0.2, 0.25) is 0 Å². The van der Waals surface area contributed by atoms with E-state index in [0.717, 1.165) is 18.0 Å². The van der Waals surface area contributed by atoms with Crippen molar-refractivity contribution in [1.29, 1.82) is 0 Å². The average molecular weight is 225 g/mol. The first-order chi connectivity index (χ1) is 7.20. The number of H-pyrrole nitrogens is 2. The number of aryl methyl sites for hydroxylation is 1. The van der Waals surface area contributed by atoms with Crippen molar-refractivity contribution >= 4 is 28.9 Å². The Morgan fingerprint density at radius 3 is 2.93 bits per heavy atom. The van der Waals surface area contributed by atoms with E-state index < -0.39 is 0 Å². The molecule has 0 unspecified atom stereocenters. The molecule has 15 heavy (non-hydrogen) atoms. The number of imidazole rings is 1. The molecule has 80 valence electrons. The van der Waals surface area contributed by atoms with Crippen molar-refractivity contribution in [2.24, 2.45) is 0 Å². The molecule has 0 spiro atoms. The van der Waals surface area contributed by atoms with Gasteiger partial charge < -0.3 is 10.7 Å². The van der Waals surface area contributed by atoms with Gasteiger partial charge in [0.2, 0.25) is 5.95 Å². The van der Waals surface area contributed by atoms with Gasteiger partial charge in [-0.3, -0.25) is 9.78 Å². The SMILES string of the molecule is CSCCc1nc2nc(N)[nH]c(=O)c2[nH]1. The van der Waals surface area contributed by atoms with Crippen LogP contribution < -0.4 is 11.3 Å². The summed E-state index contributed by atoms with van der Waals surface area (Å²) in [6.45, 7) is 0. The van der Waals surface area contributed by atoms with Crippen LogP contribution in [0.4, 0.5) is 5.95 Å². The molecule has 0 saturated carbocycles. The number of nitrogens with two attached hydrogens (primary N) is 1. The number of anilines is 1. The zero-order chi connectivity index (χ0) is 10.8. The van der Waals surface area contributed by atoms with Crippen LogP contribution in [-0.4, -0.2) is 31.9 Å². The third-order valence-corrected chi connectivity index (χ3v) is 2.58. The summed E-state index contributed by atoms with van der Waals surface area (Å²) in [6.07, 6.45) is 2.81. The lowest BCUT2D eigenvalue weighted by atomic mass is 10.5. The molecule has 2 aromatic heterocycles. The van der Waals surface area contributed by atoms with Crippen LogP contribution in [0, 0.1) is 0 Å². The molecule has 0 radical (unpaired) electrons. The molecule has 0 aliphatic rings. The summed E-state index contributed by atoms with van der Waals surface area (Å²) >= 11 is 1.72. The Morgan fingerprint density at radius 1 is 1.40 bits per heavy atom. The van der Waals surface area contributed by atoms with E-state index in [0.29, 0.717) is 11.2 Å². The third kappa shape index (κ3) is 1.96. The van der Waals surface area contributed by atoms with Gasteiger partial charge in [-0.1, -0.05) is 0 Å². The number of fused-ring (bicyclic) bond motifs is 1. The molecule has 0 aliphatic carbocycles. The molecule has 2 aromatic rings. The molecule has 6 nitrogen and oxygen atoms in total. The Labute approximate surface area is 89.7 Å². The van der Waals surface area contributed by atoms with Crippen LogP contribution in [0.1, 0.15) is 5.82 Å². The summed E-state index contributed by atoms with van der Waals surface area (Å²) in [5, 5.41) is 0. The highest BCUT2D eigenvalue weighted by molar-refractivity contribution is 7.98. The van der Waals surface area contributed by atoms with Crippen LogP contribution in [0.5, 0.6) is 0 Å².